The average molecular weight is 365 g/mol. The number of allylic oxidation sites excluding steroid dienone is 2. The van der Waals surface area contributed by atoms with Gasteiger partial charge in [0.25, 0.3) is 0 Å². The molecule has 0 spiro atoms. The molecule has 0 aliphatic heterocycles. The third-order valence-corrected chi connectivity index (χ3v) is 5.53. The number of carbonyl (C=O) groups excluding carboxylic acids is 1. The number of unbranched alkanes of at least 4 members (excludes halogenated alkanes) is 4. The summed E-state index contributed by atoms with van der Waals surface area (Å²) in [4.78, 5) is 12.2. The van der Waals surface area contributed by atoms with Crippen LogP contribution in [0.4, 0.5) is 0 Å². The van der Waals surface area contributed by atoms with Crippen molar-refractivity contribution < 1.29 is 9.53 Å². The summed E-state index contributed by atoms with van der Waals surface area (Å²) in [5.41, 5.74) is 0. The van der Waals surface area contributed by atoms with Crippen molar-refractivity contribution >= 4 is 5.97 Å². The van der Waals surface area contributed by atoms with Crippen molar-refractivity contribution in [3.05, 3.63) is 11.8 Å². The molecule has 0 aromatic carbocycles. The summed E-state index contributed by atoms with van der Waals surface area (Å²) in [7, 11) is 0. The van der Waals surface area contributed by atoms with Gasteiger partial charge in [0.05, 0.1) is 0 Å². The molecular formula is C24H44O2. The Labute approximate surface area is 163 Å². The van der Waals surface area contributed by atoms with Crippen LogP contribution in [-0.4, -0.2) is 5.97 Å². The number of hydrogen-bond acceptors (Lipinski definition) is 2. The molecule has 0 aromatic heterocycles. The van der Waals surface area contributed by atoms with Crippen LogP contribution < -0.4 is 0 Å². The molecule has 0 N–H and O–H groups in total. The first-order chi connectivity index (χ1) is 12.7. The quantitative estimate of drug-likeness (QED) is 0.337. The van der Waals surface area contributed by atoms with Crippen LogP contribution in [0.5, 0.6) is 0 Å². The van der Waals surface area contributed by atoms with Crippen LogP contribution in [-0.2, 0) is 9.53 Å². The summed E-state index contributed by atoms with van der Waals surface area (Å²) in [6, 6.07) is 0. The summed E-state index contributed by atoms with van der Waals surface area (Å²) in [6.07, 6.45) is 24.2. The highest BCUT2D eigenvalue weighted by Crippen LogP contribution is 2.21. The maximum atomic E-state index is 12.2. The van der Waals surface area contributed by atoms with Crippen molar-refractivity contribution in [2.45, 2.75) is 129 Å². The fourth-order valence-corrected chi connectivity index (χ4v) is 3.82. The predicted molar refractivity (Wildman–Crippen MR) is 112 cm³/mol. The lowest BCUT2D eigenvalue weighted by molar-refractivity contribution is -0.139. The zero-order valence-corrected chi connectivity index (χ0v) is 17.7. The lowest BCUT2D eigenvalue weighted by atomic mass is 10.0. The second-order valence-electron chi connectivity index (χ2n) is 8.32. The first-order valence-electron chi connectivity index (χ1n) is 11.6. The van der Waals surface area contributed by atoms with Gasteiger partial charge in [-0.05, 0) is 31.3 Å². The van der Waals surface area contributed by atoms with E-state index in [1.807, 2.05) is 0 Å². The molecule has 0 fully saturated rings. The molecule has 0 radical (unpaired) electrons. The van der Waals surface area contributed by atoms with Crippen LogP contribution in [0.25, 0.3) is 0 Å². The van der Waals surface area contributed by atoms with Gasteiger partial charge in [0, 0.05) is 12.8 Å². The van der Waals surface area contributed by atoms with E-state index in [1.165, 1.54) is 83.5 Å². The van der Waals surface area contributed by atoms with E-state index in [0.717, 1.165) is 31.4 Å². The Bertz CT molecular complexity index is 372. The fourth-order valence-electron chi connectivity index (χ4n) is 3.82. The van der Waals surface area contributed by atoms with E-state index in [2.05, 4.69) is 19.9 Å². The van der Waals surface area contributed by atoms with Gasteiger partial charge in [-0.2, -0.15) is 0 Å². The lowest BCUT2D eigenvalue weighted by Gasteiger charge is -2.12. The van der Waals surface area contributed by atoms with Gasteiger partial charge >= 0.3 is 5.97 Å². The van der Waals surface area contributed by atoms with E-state index in [0.29, 0.717) is 12.3 Å². The highest BCUT2D eigenvalue weighted by molar-refractivity contribution is 5.70. The number of ether oxygens (including phenoxy) is 1. The number of hydrogen-bond donors (Lipinski definition) is 0. The van der Waals surface area contributed by atoms with Gasteiger partial charge in [0.15, 0.2) is 0 Å². The Morgan fingerprint density at radius 1 is 0.885 bits per heavy atom. The highest BCUT2D eigenvalue weighted by atomic mass is 16.5. The zero-order valence-electron chi connectivity index (χ0n) is 17.7. The van der Waals surface area contributed by atoms with Crippen molar-refractivity contribution in [1.82, 2.24) is 0 Å². The van der Waals surface area contributed by atoms with Crippen LogP contribution in [0, 0.1) is 5.92 Å². The summed E-state index contributed by atoms with van der Waals surface area (Å²) in [5, 5.41) is 0. The van der Waals surface area contributed by atoms with Gasteiger partial charge in [-0.1, -0.05) is 97.3 Å². The molecule has 2 nitrogen and oxygen atoms in total. The topological polar surface area (TPSA) is 26.3 Å². The zero-order chi connectivity index (χ0) is 18.9. The molecule has 0 saturated carbocycles. The van der Waals surface area contributed by atoms with E-state index < -0.39 is 0 Å². The van der Waals surface area contributed by atoms with Gasteiger partial charge in [0.2, 0.25) is 0 Å². The molecule has 1 atom stereocenters. The predicted octanol–water partition coefficient (Wildman–Crippen LogP) is 8.10. The Balaban J connectivity index is 2.43. The van der Waals surface area contributed by atoms with E-state index in [1.54, 1.807) is 0 Å². The first kappa shape index (κ1) is 23.2. The van der Waals surface area contributed by atoms with Crippen LogP contribution in [0.15, 0.2) is 11.8 Å². The summed E-state index contributed by atoms with van der Waals surface area (Å²) in [5.74, 6) is 1.45. The molecule has 0 saturated heterocycles. The molecule has 0 amide bonds. The Hall–Kier alpha value is -0.790. The minimum absolute atomic E-state index is 0.0159. The molecule has 1 unspecified atom stereocenters. The first-order valence-corrected chi connectivity index (χ1v) is 11.6. The van der Waals surface area contributed by atoms with Crippen molar-refractivity contribution in [2.75, 3.05) is 0 Å². The summed E-state index contributed by atoms with van der Waals surface area (Å²) in [6.45, 7) is 4.49. The number of rotatable bonds is 7. The third kappa shape index (κ3) is 13.4. The maximum Gasteiger partial charge on any atom is 0.310 e. The van der Waals surface area contributed by atoms with E-state index in [-0.39, 0.29) is 5.97 Å². The van der Waals surface area contributed by atoms with Crippen molar-refractivity contribution in [1.29, 1.82) is 0 Å². The Kier molecular flexibility index (Phi) is 14.7. The molecule has 0 aromatic rings. The molecule has 0 bridgehead atoms. The van der Waals surface area contributed by atoms with Crippen molar-refractivity contribution in [2.24, 2.45) is 5.92 Å². The second kappa shape index (κ2) is 16.4. The SMILES string of the molecule is CCCCCCCC(=O)OC1=CC(C)CCCCCCCCCCCC1. The molecule has 2 heteroatoms. The largest absolute Gasteiger partial charge is 0.431 e. The third-order valence-electron chi connectivity index (χ3n) is 5.53. The second-order valence-corrected chi connectivity index (χ2v) is 8.32. The molecular weight excluding hydrogens is 320 g/mol. The van der Waals surface area contributed by atoms with Crippen LogP contribution in [0.1, 0.15) is 129 Å². The molecule has 26 heavy (non-hydrogen) atoms. The van der Waals surface area contributed by atoms with Crippen LogP contribution >= 0.6 is 0 Å². The van der Waals surface area contributed by atoms with Gasteiger partial charge in [-0.25, -0.2) is 0 Å². The highest BCUT2D eigenvalue weighted by Gasteiger charge is 2.10. The van der Waals surface area contributed by atoms with Crippen LogP contribution in [0.3, 0.4) is 0 Å². The molecule has 1 rings (SSSR count). The molecule has 152 valence electrons. The maximum absolute atomic E-state index is 12.2. The molecule has 1 aliphatic carbocycles. The average Bonchev–Trinajstić information content (AvgIpc) is 2.62. The van der Waals surface area contributed by atoms with Gasteiger partial charge in [-0.15, -0.1) is 0 Å². The normalized spacial score (nSPS) is 21.3. The van der Waals surface area contributed by atoms with E-state index >= 15 is 0 Å². The minimum atomic E-state index is -0.0159. The number of esters is 1. The van der Waals surface area contributed by atoms with Gasteiger partial charge in [0.1, 0.15) is 5.76 Å². The van der Waals surface area contributed by atoms with Crippen LogP contribution in [0.2, 0.25) is 0 Å². The van der Waals surface area contributed by atoms with Gasteiger partial charge < -0.3 is 4.74 Å². The molecule has 0 heterocycles. The Morgan fingerprint density at radius 2 is 1.46 bits per heavy atom. The van der Waals surface area contributed by atoms with Gasteiger partial charge in [-0.3, -0.25) is 4.79 Å². The Morgan fingerprint density at radius 3 is 2.12 bits per heavy atom. The molecule has 1 aliphatic rings. The fraction of sp³-hybridized carbons (Fsp3) is 0.875. The van der Waals surface area contributed by atoms with Crippen molar-refractivity contribution in [3.63, 3.8) is 0 Å². The minimum Gasteiger partial charge on any atom is -0.431 e. The lowest BCUT2D eigenvalue weighted by Crippen LogP contribution is -2.06. The standard InChI is InChI=1S/C24H44O2/c1-3-4-5-12-17-20-24(25)26-23-19-16-14-11-9-7-6-8-10-13-15-18-22(2)21-23/h21-22H,3-20H2,1-2H3. The summed E-state index contributed by atoms with van der Waals surface area (Å²) < 4.78 is 5.78. The van der Waals surface area contributed by atoms with E-state index in [4.69, 9.17) is 4.74 Å². The monoisotopic (exact) mass is 364 g/mol. The van der Waals surface area contributed by atoms with E-state index in [9.17, 15) is 4.79 Å². The smallest absolute Gasteiger partial charge is 0.310 e. The van der Waals surface area contributed by atoms with Crippen molar-refractivity contribution in [3.8, 4) is 0 Å². The number of carbonyl (C=O) groups is 1. The summed E-state index contributed by atoms with van der Waals surface area (Å²) >= 11 is 0.